The van der Waals surface area contributed by atoms with Crippen molar-refractivity contribution in [1.82, 2.24) is 0 Å². The van der Waals surface area contributed by atoms with Crippen LogP contribution in [0.1, 0.15) is 77.2 Å². The van der Waals surface area contributed by atoms with Crippen LogP contribution in [-0.4, -0.2) is 5.11 Å². The largest absolute Gasteiger partial charge is 0.508 e. The number of hydrogen-bond donors (Lipinski definition) is 1. The highest BCUT2D eigenvalue weighted by atomic mass is 16.3. The SMILES string of the molecule is CCCCCC1(C(C)Cc2ccc(O)cc2)CCCCC1. The summed E-state index contributed by atoms with van der Waals surface area (Å²) in [5.41, 5.74) is 1.95. The van der Waals surface area contributed by atoms with Gasteiger partial charge < -0.3 is 5.11 Å². The first kappa shape index (κ1) is 16.4. The molecule has 1 atom stereocenters. The maximum absolute atomic E-state index is 9.43. The molecule has 1 aromatic carbocycles. The smallest absolute Gasteiger partial charge is 0.115 e. The molecule has 1 aliphatic rings. The molecule has 0 radical (unpaired) electrons. The molecule has 1 fully saturated rings. The van der Waals surface area contributed by atoms with Gasteiger partial charge in [0.25, 0.3) is 0 Å². The van der Waals surface area contributed by atoms with Crippen molar-refractivity contribution in [3.05, 3.63) is 29.8 Å². The molecule has 0 aromatic heterocycles. The monoisotopic (exact) mass is 288 g/mol. The molecule has 21 heavy (non-hydrogen) atoms. The lowest BCUT2D eigenvalue weighted by Gasteiger charge is -2.43. The Morgan fingerprint density at radius 1 is 1.05 bits per heavy atom. The van der Waals surface area contributed by atoms with Gasteiger partial charge >= 0.3 is 0 Å². The van der Waals surface area contributed by atoms with Crippen molar-refractivity contribution in [3.63, 3.8) is 0 Å². The van der Waals surface area contributed by atoms with Crippen LogP contribution in [0.5, 0.6) is 5.75 Å². The fourth-order valence-corrected chi connectivity index (χ4v) is 4.17. The van der Waals surface area contributed by atoms with Gasteiger partial charge in [0.05, 0.1) is 0 Å². The fourth-order valence-electron chi connectivity index (χ4n) is 4.17. The summed E-state index contributed by atoms with van der Waals surface area (Å²) in [7, 11) is 0. The molecule has 0 saturated heterocycles. The second-order valence-electron chi connectivity index (χ2n) is 7.15. The number of unbranched alkanes of at least 4 members (excludes halogenated alkanes) is 2. The van der Waals surface area contributed by atoms with Crippen LogP contribution >= 0.6 is 0 Å². The minimum Gasteiger partial charge on any atom is -0.508 e. The summed E-state index contributed by atoms with van der Waals surface area (Å²) in [5, 5.41) is 9.43. The Morgan fingerprint density at radius 2 is 1.71 bits per heavy atom. The highest BCUT2D eigenvalue weighted by Gasteiger charge is 2.36. The summed E-state index contributed by atoms with van der Waals surface area (Å²) < 4.78 is 0. The second kappa shape index (κ2) is 7.87. The van der Waals surface area contributed by atoms with Gasteiger partial charge in [0.1, 0.15) is 5.75 Å². The Hall–Kier alpha value is -0.980. The van der Waals surface area contributed by atoms with E-state index in [0.717, 1.165) is 12.3 Å². The number of aromatic hydroxyl groups is 1. The third kappa shape index (κ3) is 4.49. The normalized spacial score (nSPS) is 19.3. The molecule has 1 aromatic rings. The molecule has 0 spiro atoms. The molecule has 1 N–H and O–H groups in total. The molecule has 1 heteroatoms. The first-order valence-corrected chi connectivity index (χ1v) is 8.94. The molecule has 0 amide bonds. The molecule has 118 valence electrons. The van der Waals surface area contributed by atoms with E-state index < -0.39 is 0 Å². The van der Waals surface area contributed by atoms with Crippen LogP contribution in [0.4, 0.5) is 0 Å². The van der Waals surface area contributed by atoms with Crippen molar-refractivity contribution in [3.8, 4) is 5.75 Å². The van der Waals surface area contributed by atoms with E-state index >= 15 is 0 Å². The van der Waals surface area contributed by atoms with Crippen molar-refractivity contribution < 1.29 is 5.11 Å². The summed E-state index contributed by atoms with van der Waals surface area (Å²) in [4.78, 5) is 0. The Bertz CT molecular complexity index is 400. The van der Waals surface area contributed by atoms with Gasteiger partial charge in [-0.25, -0.2) is 0 Å². The standard InChI is InChI=1S/C20H32O/c1-3-4-6-13-20(14-7-5-8-15-20)17(2)16-18-9-11-19(21)12-10-18/h9-12,17,21H,3-8,13-16H2,1-2H3. The molecular weight excluding hydrogens is 256 g/mol. The molecular formula is C20H32O. The molecule has 0 bridgehead atoms. The third-order valence-electron chi connectivity index (χ3n) is 5.65. The zero-order chi connectivity index (χ0) is 15.1. The Morgan fingerprint density at radius 3 is 2.33 bits per heavy atom. The average molecular weight is 288 g/mol. The molecule has 1 nitrogen and oxygen atoms in total. The van der Waals surface area contributed by atoms with Crippen molar-refractivity contribution in [2.24, 2.45) is 11.3 Å². The molecule has 0 heterocycles. The Labute approximate surface area is 130 Å². The van der Waals surface area contributed by atoms with Gasteiger partial charge in [-0.15, -0.1) is 0 Å². The van der Waals surface area contributed by atoms with E-state index in [9.17, 15) is 5.11 Å². The van der Waals surface area contributed by atoms with E-state index in [1.165, 1.54) is 63.4 Å². The lowest BCUT2D eigenvalue weighted by molar-refractivity contribution is 0.0904. The molecule has 1 aliphatic carbocycles. The van der Waals surface area contributed by atoms with Gasteiger partial charge in [0, 0.05) is 0 Å². The van der Waals surface area contributed by atoms with Gasteiger partial charge in [-0.05, 0) is 54.7 Å². The number of hydrogen-bond acceptors (Lipinski definition) is 1. The van der Waals surface area contributed by atoms with Gasteiger partial charge in [-0.3, -0.25) is 0 Å². The summed E-state index contributed by atoms with van der Waals surface area (Å²) in [6.07, 6.45) is 13.8. The lowest BCUT2D eigenvalue weighted by atomic mass is 9.62. The number of benzene rings is 1. The highest BCUT2D eigenvalue weighted by Crippen LogP contribution is 2.47. The predicted molar refractivity (Wildman–Crippen MR) is 90.6 cm³/mol. The lowest BCUT2D eigenvalue weighted by Crippen LogP contribution is -2.32. The van der Waals surface area contributed by atoms with E-state index in [1.807, 2.05) is 12.1 Å². The van der Waals surface area contributed by atoms with Gasteiger partial charge in [0.2, 0.25) is 0 Å². The average Bonchev–Trinajstić information content (AvgIpc) is 2.51. The predicted octanol–water partition coefficient (Wildman–Crippen LogP) is 6.10. The first-order chi connectivity index (χ1) is 10.2. The summed E-state index contributed by atoms with van der Waals surface area (Å²) in [6.45, 7) is 4.76. The quantitative estimate of drug-likeness (QED) is 0.601. The minimum atomic E-state index is 0.377. The summed E-state index contributed by atoms with van der Waals surface area (Å²) >= 11 is 0. The van der Waals surface area contributed by atoms with E-state index in [0.29, 0.717) is 11.2 Å². The molecule has 1 unspecified atom stereocenters. The molecule has 2 rings (SSSR count). The van der Waals surface area contributed by atoms with Crippen LogP contribution in [0.15, 0.2) is 24.3 Å². The summed E-state index contributed by atoms with van der Waals surface area (Å²) in [5.74, 6) is 1.13. The van der Waals surface area contributed by atoms with E-state index in [2.05, 4.69) is 26.0 Å². The minimum absolute atomic E-state index is 0.377. The first-order valence-electron chi connectivity index (χ1n) is 8.94. The van der Waals surface area contributed by atoms with Gasteiger partial charge in [-0.2, -0.15) is 0 Å². The zero-order valence-corrected chi connectivity index (χ0v) is 13.9. The van der Waals surface area contributed by atoms with Crippen LogP contribution in [0.3, 0.4) is 0 Å². The van der Waals surface area contributed by atoms with Crippen molar-refractivity contribution in [2.45, 2.75) is 78.1 Å². The topological polar surface area (TPSA) is 20.2 Å². The van der Waals surface area contributed by atoms with Crippen LogP contribution in [0.25, 0.3) is 0 Å². The van der Waals surface area contributed by atoms with Gasteiger partial charge in [-0.1, -0.05) is 64.5 Å². The second-order valence-corrected chi connectivity index (χ2v) is 7.15. The van der Waals surface area contributed by atoms with Crippen LogP contribution in [0.2, 0.25) is 0 Å². The van der Waals surface area contributed by atoms with Gasteiger partial charge in [0.15, 0.2) is 0 Å². The Balaban J connectivity index is 2.02. The maximum Gasteiger partial charge on any atom is 0.115 e. The fraction of sp³-hybridized carbons (Fsp3) is 0.700. The van der Waals surface area contributed by atoms with Crippen LogP contribution in [-0.2, 0) is 6.42 Å². The number of phenols is 1. The van der Waals surface area contributed by atoms with Crippen molar-refractivity contribution in [2.75, 3.05) is 0 Å². The van der Waals surface area contributed by atoms with E-state index in [-0.39, 0.29) is 0 Å². The van der Waals surface area contributed by atoms with Crippen LogP contribution in [0, 0.1) is 11.3 Å². The number of rotatable bonds is 7. The highest BCUT2D eigenvalue weighted by molar-refractivity contribution is 5.26. The molecule has 1 saturated carbocycles. The third-order valence-corrected chi connectivity index (χ3v) is 5.65. The van der Waals surface area contributed by atoms with Crippen LogP contribution < -0.4 is 0 Å². The number of phenolic OH excluding ortho intramolecular Hbond substituents is 1. The van der Waals surface area contributed by atoms with E-state index in [4.69, 9.17) is 0 Å². The zero-order valence-electron chi connectivity index (χ0n) is 13.9. The Kier molecular flexibility index (Phi) is 6.14. The van der Waals surface area contributed by atoms with Crippen molar-refractivity contribution >= 4 is 0 Å². The van der Waals surface area contributed by atoms with E-state index in [1.54, 1.807) is 0 Å². The van der Waals surface area contributed by atoms with Crippen molar-refractivity contribution in [1.29, 1.82) is 0 Å². The molecule has 0 aliphatic heterocycles. The maximum atomic E-state index is 9.43. The summed E-state index contributed by atoms with van der Waals surface area (Å²) in [6, 6.07) is 7.84.